The number of amides is 1. The highest BCUT2D eigenvalue weighted by Gasteiger charge is 2.09. The molecule has 0 saturated heterocycles. The zero-order valence-electron chi connectivity index (χ0n) is 14.1. The van der Waals surface area contributed by atoms with E-state index in [1.165, 1.54) is 0 Å². The number of hydrogen-bond acceptors (Lipinski definition) is 4. The predicted octanol–water partition coefficient (Wildman–Crippen LogP) is 4.46. The van der Waals surface area contributed by atoms with E-state index in [-0.39, 0.29) is 11.0 Å². The number of halogens is 1. The number of rotatable bonds is 6. The van der Waals surface area contributed by atoms with Crippen molar-refractivity contribution in [2.45, 2.75) is 26.7 Å². The molecule has 5 nitrogen and oxygen atoms in total. The molecule has 0 bridgehead atoms. The maximum Gasteiger partial charge on any atom is 0.257 e. The van der Waals surface area contributed by atoms with Crippen molar-refractivity contribution in [3.63, 3.8) is 0 Å². The molecule has 0 fully saturated rings. The smallest absolute Gasteiger partial charge is 0.257 e. The van der Waals surface area contributed by atoms with Crippen molar-refractivity contribution in [3.8, 4) is 5.75 Å². The van der Waals surface area contributed by atoms with E-state index in [9.17, 15) is 4.79 Å². The molecule has 0 saturated carbocycles. The third-order valence-electron chi connectivity index (χ3n) is 3.37. The maximum atomic E-state index is 12.2. The van der Waals surface area contributed by atoms with E-state index < -0.39 is 0 Å². The molecule has 0 unspecified atom stereocenters. The predicted molar refractivity (Wildman–Crippen MR) is 107 cm³/mol. The van der Waals surface area contributed by atoms with E-state index in [1.54, 1.807) is 30.3 Å². The molecule has 0 radical (unpaired) electrons. The summed E-state index contributed by atoms with van der Waals surface area (Å²) in [7, 11) is 0. The van der Waals surface area contributed by atoms with Gasteiger partial charge >= 0.3 is 0 Å². The van der Waals surface area contributed by atoms with E-state index in [4.69, 9.17) is 17.0 Å². The number of aromatic nitrogens is 1. The molecule has 25 heavy (non-hydrogen) atoms. The van der Waals surface area contributed by atoms with Crippen molar-refractivity contribution >= 4 is 45.0 Å². The molecule has 1 aromatic heterocycles. The van der Waals surface area contributed by atoms with Crippen LogP contribution in [-0.2, 0) is 0 Å². The van der Waals surface area contributed by atoms with Gasteiger partial charge in [-0.25, -0.2) is 4.98 Å². The van der Waals surface area contributed by atoms with Crippen molar-refractivity contribution in [2.75, 3.05) is 11.9 Å². The zero-order valence-corrected chi connectivity index (χ0v) is 16.5. The SMILES string of the molecule is CCCCOc1ccc(C(=O)NC(=S)Nc2ccc(Br)c(C)n2)cc1. The topological polar surface area (TPSA) is 63.2 Å². The van der Waals surface area contributed by atoms with Crippen LogP contribution in [0.5, 0.6) is 5.75 Å². The first-order chi connectivity index (χ1) is 12.0. The Morgan fingerprint density at radius 2 is 1.96 bits per heavy atom. The van der Waals surface area contributed by atoms with Gasteiger partial charge in [0.25, 0.3) is 5.91 Å². The molecule has 2 N–H and O–H groups in total. The minimum absolute atomic E-state index is 0.197. The summed E-state index contributed by atoms with van der Waals surface area (Å²) in [6.07, 6.45) is 2.09. The summed E-state index contributed by atoms with van der Waals surface area (Å²) in [6.45, 7) is 4.66. The van der Waals surface area contributed by atoms with Crippen LogP contribution in [0.3, 0.4) is 0 Å². The second-order valence-corrected chi connectivity index (χ2v) is 6.66. The number of hydrogen-bond donors (Lipinski definition) is 2. The minimum Gasteiger partial charge on any atom is -0.494 e. The first-order valence-electron chi connectivity index (χ1n) is 7.98. The molecule has 0 aliphatic heterocycles. The summed E-state index contributed by atoms with van der Waals surface area (Å²) in [5, 5.41) is 5.74. The number of aryl methyl sites for hydroxylation is 1. The monoisotopic (exact) mass is 421 g/mol. The highest BCUT2D eigenvalue weighted by Crippen LogP contribution is 2.16. The van der Waals surface area contributed by atoms with Crippen LogP contribution < -0.4 is 15.4 Å². The van der Waals surface area contributed by atoms with Gasteiger partial charge in [-0.05, 0) is 77.9 Å². The summed E-state index contributed by atoms with van der Waals surface area (Å²) in [5.74, 6) is 1.04. The lowest BCUT2D eigenvalue weighted by Gasteiger charge is -2.10. The van der Waals surface area contributed by atoms with Crippen LogP contribution in [0.4, 0.5) is 5.82 Å². The van der Waals surface area contributed by atoms with Gasteiger partial charge in [0.2, 0.25) is 0 Å². The van der Waals surface area contributed by atoms with E-state index in [2.05, 4.69) is 38.5 Å². The fourth-order valence-electron chi connectivity index (χ4n) is 1.97. The Kier molecular flexibility index (Phi) is 7.33. The number of carbonyl (C=O) groups excluding carboxylic acids is 1. The van der Waals surface area contributed by atoms with Crippen molar-refractivity contribution < 1.29 is 9.53 Å². The van der Waals surface area contributed by atoms with E-state index in [1.807, 2.05) is 13.0 Å². The van der Waals surface area contributed by atoms with Gasteiger partial charge in [0.1, 0.15) is 11.6 Å². The van der Waals surface area contributed by atoms with Crippen molar-refractivity contribution in [1.29, 1.82) is 0 Å². The molecule has 2 rings (SSSR count). The second kappa shape index (κ2) is 9.48. The molecule has 1 amide bonds. The molecule has 2 aromatic rings. The first kappa shape index (κ1) is 19.3. The Morgan fingerprint density at radius 1 is 1.24 bits per heavy atom. The van der Waals surface area contributed by atoms with Crippen molar-refractivity contribution in [2.24, 2.45) is 0 Å². The van der Waals surface area contributed by atoms with Crippen LogP contribution >= 0.6 is 28.1 Å². The fraction of sp³-hybridized carbons (Fsp3) is 0.278. The number of nitrogens with one attached hydrogen (secondary N) is 2. The van der Waals surface area contributed by atoms with E-state index >= 15 is 0 Å². The summed E-state index contributed by atoms with van der Waals surface area (Å²) in [5.41, 5.74) is 1.34. The molecule has 1 aromatic carbocycles. The van der Waals surface area contributed by atoms with Gasteiger partial charge in [-0.1, -0.05) is 13.3 Å². The van der Waals surface area contributed by atoms with Crippen molar-refractivity contribution in [1.82, 2.24) is 10.3 Å². The van der Waals surface area contributed by atoms with Crippen LogP contribution in [0.2, 0.25) is 0 Å². The van der Waals surface area contributed by atoms with Crippen LogP contribution in [0.1, 0.15) is 35.8 Å². The lowest BCUT2D eigenvalue weighted by atomic mass is 10.2. The third-order valence-corrected chi connectivity index (χ3v) is 4.42. The highest BCUT2D eigenvalue weighted by atomic mass is 79.9. The molecule has 1 heterocycles. The van der Waals surface area contributed by atoms with Crippen LogP contribution in [0.15, 0.2) is 40.9 Å². The third kappa shape index (κ3) is 6.10. The van der Waals surface area contributed by atoms with Gasteiger partial charge in [0.05, 0.1) is 12.3 Å². The van der Waals surface area contributed by atoms with Gasteiger partial charge in [0.15, 0.2) is 5.11 Å². The molecule has 0 aliphatic rings. The molecule has 7 heteroatoms. The number of carbonyl (C=O) groups is 1. The normalized spacial score (nSPS) is 10.2. The Morgan fingerprint density at radius 3 is 2.60 bits per heavy atom. The lowest BCUT2D eigenvalue weighted by Crippen LogP contribution is -2.34. The quantitative estimate of drug-likeness (QED) is 0.532. The number of benzene rings is 1. The maximum absolute atomic E-state index is 12.2. The van der Waals surface area contributed by atoms with Gasteiger partial charge in [0, 0.05) is 10.0 Å². The Labute approximate surface area is 161 Å². The fourth-order valence-corrected chi connectivity index (χ4v) is 2.39. The van der Waals surface area contributed by atoms with Gasteiger partial charge in [-0.15, -0.1) is 0 Å². The van der Waals surface area contributed by atoms with Gasteiger partial charge < -0.3 is 10.1 Å². The Bertz CT molecular complexity index is 750. The lowest BCUT2D eigenvalue weighted by molar-refractivity contribution is 0.0977. The number of thiocarbonyl (C=S) groups is 1. The number of unbranched alkanes of at least 4 members (excludes halogenated alkanes) is 1. The van der Waals surface area contributed by atoms with E-state index in [0.717, 1.165) is 28.8 Å². The standard InChI is InChI=1S/C18H20BrN3O2S/c1-3-4-11-24-14-7-5-13(6-8-14)17(23)22-18(25)21-16-10-9-15(19)12(2)20-16/h5-10H,3-4,11H2,1-2H3,(H2,20,21,22,23,25). The zero-order chi connectivity index (χ0) is 18.2. The summed E-state index contributed by atoms with van der Waals surface area (Å²) < 4.78 is 6.49. The molecular weight excluding hydrogens is 402 g/mol. The highest BCUT2D eigenvalue weighted by molar-refractivity contribution is 9.10. The van der Waals surface area contributed by atoms with Gasteiger partial charge in [-0.3, -0.25) is 10.1 Å². The van der Waals surface area contributed by atoms with E-state index in [0.29, 0.717) is 18.0 Å². The van der Waals surface area contributed by atoms with Crippen LogP contribution in [0, 0.1) is 6.92 Å². The first-order valence-corrected chi connectivity index (χ1v) is 9.18. The largest absolute Gasteiger partial charge is 0.494 e. The van der Waals surface area contributed by atoms with Gasteiger partial charge in [-0.2, -0.15) is 0 Å². The average molecular weight is 422 g/mol. The summed E-state index contributed by atoms with van der Waals surface area (Å²) >= 11 is 8.55. The summed E-state index contributed by atoms with van der Waals surface area (Å²) in [4.78, 5) is 16.6. The molecule has 0 aliphatic carbocycles. The molecule has 0 atom stereocenters. The molecule has 132 valence electrons. The average Bonchev–Trinajstić information content (AvgIpc) is 2.59. The molecule has 0 spiro atoms. The minimum atomic E-state index is -0.286. The summed E-state index contributed by atoms with van der Waals surface area (Å²) in [6, 6.07) is 10.6. The van der Waals surface area contributed by atoms with Crippen LogP contribution in [0.25, 0.3) is 0 Å². The van der Waals surface area contributed by atoms with Crippen LogP contribution in [-0.4, -0.2) is 22.6 Å². The Balaban J connectivity index is 1.89. The second-order valence-electron chi connectivity index (χ2n) is 5.40. The Hall–Kier alpha value is -1.99. The number of anilines is 1. The number of nitrogens with zero attached hydrogens (tertiary/aromatic N) is 1. The number of pyridine rings is 1. The van der Waals surface area contributed by atoms with Crippen molar-refractivity contribution in [3.05, 3.63) is 52.1 Å². The number of ether oxygens (including phenoxy) is 1. The molecular formula is C18H20BrN3O2S.